The van der Waals surface area contributed by atoms with E-state index in [1.54, 1.807) is 12.3 Å². The maximum absolute atomic E-state index is 12.1. The van der Waals surface area contributed by atoms with E-state index in [0.29, 0.717) is 17.9 Å². The van der Waals surface area contributed by atoms with Gasteiger partial charge in [-0.15, -0.1) is 0 Å². The first-order valence-electron chi connectivity index (χ1n) is 6.39. The number of rotatable bonds is 4. The van der Waals surface area contributed by atoms with E-state index < -0.39 is 5.60 Å². The van der Waals surface area contributed by atoms with Crippen LogP contribution in [0.1, 0.15) is 49.6 Å². The predicted molar refractivity (Wildman–Crippen MR) is 70.4 cm³/mol. The molecule has 5 nitrogen and oxygen atoms in total. The third-order valence-electron chi connectivity index (χ3n) is 3.52. The smallest absolute Gasteiger partial charge is 0.268 e. The normalized spacial score (nSPS) is 17.6. The van der Waals surface area contributed by atoms with Crippen molar-refractivity contribution in [2.45, 2.75) is 44.8 Å². The van der Waals surface area contributed by atoms with Crippen LogP contribution < -0.4 is 11.1 Å². The highest BCUT2D eigenvalue weighted by Crippen LogP contribution is 2.30. The molecule has 1 saturated carbocycles. The molecule has 0 spiro atoms. The Bertz CT molecular complexity index is 447. The number of anilines is 1. The molecule has 1 heterocycles. The van der Waals surface area contributed by atoms with Crippen molar-refractivity contribution in [2.24, 2.45) is 0 Å². The maximum Gasteiger partial charge on any atom is 0.268 e. The summed E-state index contributed by atoms with van der Waals surface area (Å²) in [6.45, 7) is 4.31. The summed E-state index contributed by atoms with van der Waals surface area (Å²) in [6, 6.07) is 1.84. The third kappa shape index (κ3) is 2.51. The molecule has 0 bridgehead atoms. The Balaban J connectivity index is 2.04. The second kappa shape index (κ2) is 4.65. The highest BCUT2D eigenvalue weighted by Gasteiger charge is 2.34. The largest absolute Gasteiger partial charge is 0.397 e. The van der Waals surface area contributed by atoms with Gasteiger partial charge in [-0.2, -0.15) is 0 Å². The number of carbonyl (C=O) groups excluding carboxylic acids is 1. The first-order valence-corrected chi connectivity index (χ1v) is 6.39. The van der Waals surface area contributed by atoms with E-state index in [-0.39, 0.29) is 11.9 Å². The van der Waals surface area contributed by atoms with E-state index >= 15 is 0 Å². The van der Waals surface area contributed by atoms with Gasteiger partial charge < -0.3 is 20.7 Å². The molecule has 1 aliphatic carbocycles. The lowest BCUT2D eigenvalue weighted by molar-refractivity contribution is -0.0301. The van der Waals surface area contributed by atoms with Crippen LogP contribution in [0.5, 0.6) is 0 Å². The van der Waals surface area contributed by atoms with Gasteiger partial charge in [0.25, 0.3) is 5.91 Å². The molecule has 18 heavy (non-hydrogen) atoms. The fourth-order valence-corrected chi connectivity index (χ4v) is 2.21. The summed E-state index contributed by atoms with van der Waals surface area (Å²) >= 11 is 0. The summed E-state index contributed by atoms with van der Waals surface area (Å²) in [6.07, 6.45) is 4.32. The molecule has 1 aromatic rings. The molecule has 0 unspecified atom stereocenters. The number of aromatic nitrogens is 1. The van der Waals surface area contributed by atoms with Crippen molar-refractivity contribution in [1.82, 2.24) is 9.88 Å². The zero-order valence-corrected chi connectivity index (χ0v) is 10.9. The van der Waals surface area contributed by atoms with Gasteiger partial charge in [0.1, 0.15) is 5.69 Å². The van der Waals surface area contributed by atoms with Crippen LogP contribution in [-0.2, 0) is 0 Å². The molecule has 0 atom stereocenters. The number of nitrogens with two attached hydrogens (primary N) is 1. The zero-order chi connectivity index (χ0) is 13.3. The van der Waals surface area contributed by atoms with E-state index in [0.717, 1.165) is 19.3 Å². The van der Waals surface area contributed by atoms with Crippen molar-refractivity contribution in [3.8, 4) is 0 Å². The molecule has 1 aromatic heterocycles. The number of hydrogen-bond acceptors (Lipinski definition) is 3. The van der Waals surface area contributed by atoms with Gasteiger partial charge in [0.05, 0.1) is 11.3 Å². The Morgan fingerprint density at radius 1 is 1.61 bits per heavy atom. The average molecular weight is 251 g/mol. The predicted octanol–water partition coefficient (Wildman–Crippen LogP) is 1.30. The second-order valence-corrected chi connectivity index (χ2v) is 5.42. The molecule has 4 N–H and O–H groups in total. The minimum atomic E-state index is -0.698. The molecular formula is C13H21N3O2. The lowest BCUT2D eigenvalue weighted by Gasteiger charge is -2.36. The molecule has 5 heteroatoms. The van der Waals surface area contributed by atoms with E-state index in [4.69, 9.17) is 5.73 Å². The van der Waals surface area contributed by atoms with E-state index in [9.17, 15) is 9.90 Å². The van der Waals surface area contributed by atoms with Crippen molar-refractivity contribution in [3.05, 3.63) is 18.0 Å². The van der Waals surface area contributed by atoms with Crippen molar-refractivity contribution < 1.29 is 9.90 Å². The first kappa shape index (κ1) is 13.0. The van der Waals surface area contributed by atoms with Crippen LogP contribution in [0.15, 0.2) is 12.3 Å². The van der Waals surface area contributed by atoms with Crippen molar-refractivity contribution in [2.75, 3.05) is 12.3 Å². The van der Waals surface area contributed by atoms with Crippen LogP contribution in [0.3, 0.4) is 0 Å². The molecule has 1 aliphatic rings. The summed E-state index contributed by atoms with van der Waals surface area (Å²) in [7, 11) is 0. The highest BCUT2D eigenvalue weighted by molar-refractivity contribution is 5.93. The summed E-state index contributed by atoms with van der Waals surface area (Å²) < 4.78 is 1.84. The van der Waals surface area contributed by atoms with Crippen LogP contribution in [0.2, 0.25) is 0 Å². The van der Waals surface area contributed by atoms with E-state index in [1.807, 2.05) is 18.4 Å². The quantitative estimate of drug-likeness (QED) is 0.754. The molecule has 0 saturated heterocycles. The Morgan fingerprint density at radius 3 is 2.78 bits per heavy atom. The second-order valence-electron chi connectivity index (χ2n) is 5.42. The molecule has 1 fully saturated rings. The summed E-state index contributed by atoms with van der Waals surface area (Å²) in [4.78, 5) is 12.1. The topological polar surface area (TPSA) is 80.3 Å². The maximum atomic E-state index is 12.1. The molecular weight excluding hydrogens is 230 g/mol. The molecule has 100 valence electrons. The van der Waals surface area contributed by atoms with Crippen molar-refractivity contribution in [3.63, 3.8) is 0 Å². The number of hydrogen-bond donors (Lipinski definition) is 3. The van der Waals surface area contributed by atoms with Crippen LogP contribution in [-0.4, -0.2) is 27.7 Å². The number of nitrogens with one attached hydrogen (secondary N) is 1. The molecule has 0 radical (unpaired) electrons. The average Bonchev–Trinajstić information content (AvgIpc) is 2.66. The van der Waals surface area contributed by atoms with Crippen LogP contribution in [0.4, 0.5) is 5.69 Å². The zero-order valence-electron chi connectivity index (χ0n) is 10.9. The SMILES string of the molecule is CC(C)n1cc(N)cc1C(=O)NCC1(O)CCC1. The minimum Gasteiger partial charge on any atom is -0.397 e. The highest BCUT2D eigenvalue weighted by atomic mass is 16.3. The van der Waals surface area contributed by atoms with Crippen molar-refractivity contribution >= 4 is 11.6 Å². The monoisotopic (exact) mass is 251 g/mol. The van der Waals surface area contributed by atoms with Gasteiger partial charge in [-0.1, -0.05) is 0 Å². The summed E-state index contributed by atoms with van der Waals surface area (Å²) in [5, 5.41) is 12.7. The van der Waals surface area contributed by atoms with Crippen LogP contribution in [0.25, 0.3) is 0 Å². The third-order valence-corrected chi connectivity index (χ3v) is 3.52. The molecule has 0 aliphatic heterocycles. The number of nitrogens with zero attached hydrogens (tertiary/aromatic N) is 1. The van der Waals surface area contributed by atoms with Gasteiger partial charge in [-0.3, -0.25) is 4.79 Å². The Morgan fingerprint density at radius 2 is 2.28 bits per heavy atom. The lowest BCUT2D eigenvalue weighted by atomic mass is 9.80. The van der Waals surface area contributed by atoms with Gasteiger partial charge in [0.2, 0.25) is 0 Å². The standard InChI is InChI=1S/C13H21N3O2/c1-9(2)16-7-10(14)6-11(16)12(17)15-8-13(18)4-3-5-13/h6-7,9,18H,3-5,8,14H2,1-2H3,(H,15,17). The van der Waals surface area contributed by atoms with Crippen molar-refractivity contribution in [1.29, 1.82) is 0 Å². The number of aliphatic hydroxyl groups is 1. The summed E-state index contributed by atoms with van der Waals surface area (Å²) in [5.41, 5.74) is 6.15. The van der Waals surface area contributed by atoms with Gasteiger partial charge in [0, 0.05) is 18.8 Å². The van der Waals surface area contributed by atoms with Gasteiger partial charge in [0.15, 0.2) is 0 Å². The lowest BCUT2D eigenvalue weighted by Crippen LogP contribution is -2.48. The van der Waals surface area contributed by atoms with Gasteiger partial charge in [-0.05, 0) is 39.2 Å². The molecule has 2 rings (SSSR count). The number of amides is 1. The first-order chi connectivity index (χ1) is 8.41. The fraction of sp³-hybridized carbons (Fsp3) is 0.615. The van der Waals surface area contributed by atoms with E-state index in [1.165, 1.54) is 0 Å². The minimum absolute atomic E-state index is 0.176. The van der Waals surface area contributed by atoms with Crippen LogP contribution in [0, 0.1) is 0 Å². The van der Waals surface area contributed by atoms with Gasteiger partial charge >= 0.3 is 0 Å². The molecule has 0 aromatic carbocycles. The Hall–Kier alpha value is -1.49. The number of nitrogen functional groups attached to an aromatic ring is 1. The van der Waals surface area contributed by atoms with E-state index in [2.05, 4.69) is 5.32 Å². The molecule has 1 amide bonds. The Labute approximate surface area is 107 Å². The summed E-state index contributed by atoms with van der Waals surface area (Å²) in [5.74, 6) is -0.180. The Kier molecular flexibility index (Phi) is 3.34. The fourth-order valence-electron chi connectivity index (χ4n) is 2.21. The van der Waals surface area contributed by atoms with Crippen LogP contribution >= 0.6 is 0 Å². The number of carbonyl (C=O) groups is 1. The van der Waals surface area contributed by atoms with Gasteiger partial charge in [-0.25, -0.2) is 0 Å².